The summed E-state index contributed by atoms with van der Waals surface area (Å²) in [6.07, 6.45) is -0.889. The lowest BCUT2D eigenvalue weighted by molar-refractivity contribution is -0.143. The Hall–Kier alpha value is -3.30. The molecule has 0 aliphatic carbocycles. The van der Waals surface area contributed by atoms with Crippen LogP contribution in [-0.4, -0.2) is 88.2 Å². The van der Waals surface area contributed by atoms with Crippen molar-refractivity contribution >= 4 is 35.5 Å². The van der Waals surface area contributed by atoms with Gasteiger partial charge in [0.1, 0.15) is 18.1 Å². The molecule has 0 aromatic carbocycles. The van der Waals surface area contributed by atoms with Crippen LogP contribution in [0.25, 0.3) is 0 Å². The average molecular weight is 448 g/mol. The van der Waals surface area contributed by atoms with Gasteiger partial charge in [0.25, 0.3) is 0 Å². The maximum absolute atomic E-state index is 12.5. The summed E-state index contributed by atoms with van der Waals surface area (Å²) in [5.74, 6) is -5.98. The van der Waals surface area contributed by atoms with Crippen molar-refractivity contribution in [3.8, 4) is 0 Å². The van der Waals surface area contributed by atoms with Crippen LogP contribution >= 0.6 is 0 Å². The molecule has 176 valence electrons. The molecule has 15 heteroatoms. The van der Waals surface area contributed by atoms with E-state index in [9.17, 15) is 33.9 Å². The highest BCUT2D eigenvalue weighted by Gasteiger charge is 2.30. The number of hydrogen-bond donors (Lipinski definition) is 9. The first kappa shape index (κ1) is 27.7. The third kappa shape index (κ3) is 10.9. The molecule has 0 aliphatic heterocycles. The Balaban J connectivity index is 5.21. The highest BCUT2D eigenvalue weighted by Crippen LogP contribution is 2.02. The van der Waals surface area contributed by atoms with Gasteiger partial charge in [-0.3, -0.25) is 24.0 Å². The number of hydrogen-bond acceptors (Lipinski definition) is 9. The van der Waals surface area contributed by atoms with Crippen molar-refractivity contribution in [2.75, 3.05) is 13.2 Å². The molecular formula is C16H28N6O9. The molecule has 5 amide bonds. The molecule has 0 fully saturated rings. The number of nitrogens with two attached hydrogens (primary N) is 3. The highest BCUT2D eigenvalue weighted by atomic mass is 16.4. The van der Waals surface area contributed by atoms with E-state index < -0.39 is 72.9 Å². The van der Waals surface area contributed by atoms with E-state index in [4.69, 9.17) is 27.4 Å². The fourth-order valence-corrected chi connectivity index (χ4v) is 2.19. The molecule has 0 bridgehead atoms. The second-order valence-corrected chi connectivity index (χ2v) is 6.50. The smallest absolute Gasteiger partial charge is 0.328 e. The first-order valence-electron chi connectivity index (χ1n) is 9.10. The number of primary amides is 2. The SMILES string of the molecule is NC(=O)CCC(N)C(=O)NC(CCC(N)=O)C(=O)NC(CO)C(=O)NC(CO)C(=O)O. The van der Waals surface area contributed by atoms with E-state index in [1.807, 2.05) is 5.32 Å². The lowest BCUT2D eigenvalue weighted by atomic mass is 10.1. The van der Waals surface area contributed by atoms with Gasteiger partial charge in [0, 0.05) is 12.8 Å². The van der Waals surface area contributed by atoms with E-state index in [1.165, 1.54) is 0 Å². The number of carbonyl (C=O) groups excluding carboxylic acids is 5. The van der Waals surface area contributed by atoms with E-state index in [-0.39, 0.29) is 25.7 Å². The zero-order valence-electron chi connectivity index (χ0n) is 16.6. The predicted molar refractivity (Wildman–Crippen MR) is 102 cm³/mol. The molecule has 0 rings (SSSR count). The number of aliphatic hydroxyl groups excluding tert-OH is 2. The van der Waals surface area contributed by atoms with Crippen molar-refractivity contribution in [3.63, 3.8) is 0 Å². The Bertz CT molecular complexity index is 686. The number of carboxylic acid groups (broad SMARTS) is 1. The molecule has 15 nitrogen and oxygen atoms in total. The molecule has 12 N–H and O–H groups in total. The van der Waals surface area contributed by atoms with Crippen molar-refractivity contribution in [2.24, 2.45) is 17.2 Å². The van der Waals surface area contributed by atoms with E-state index in [0.29, 0.717) is 0 Å². The van der Waals surface area contributed by atoms with Crippen LogP contribution in [0.1, 0.15) is 25.7 Å². The zero-order chi connectivity index (χ0) is 24.1. The molecule has 0 radical (unpaired) electrons. The van der Waals surface area contributed by atoms with Crippen LogP contribution in [0.4, 0.5) is 0 Å². The van der Waals surface area contributed by atoms with Crippen molar-refractivity contribution < 1.29 is 44.1 Å². The topological polar surface area (TPSA) is 277 Å². The van der Waals surface area contributed by atoms with Gasteiger partial charge in [0.2, 0.25) is 29.5 Å². The fraction of sp³-hybridized carbons (Fsp3) is 0.625. The van der Waals surface area contributed by atoms with Crippen molar-refractivity contribution in [2.45, 2.75) is 49.9 Å². The molecular weight excluding hydrogens is 420 g/mol. The first-order chi connectivity index (χ1) is 14.4. The Kier molecular flexibility index (Phi) is 12.4. The molecule has 4 atom stereocenters. The monoisotopic (exact) mass is 448 g/mol. The van der Waals surface area contributed by atoms with Gasteiger partial charge in [0.15, 0.2) is 0 Å². The highest BCUT2D eigenvalue weighted by molar-refractivity contribution is 5.94. The Morgan fingerprint density at radius 3 is 1.55 bits per heavy atom. The number of rotatable bonds is 15. The summed E-state index contributed by atoms with van der Waals surface area (Å²) >= 11 is 0. The summed E-state index contributed by atoms with van der Waals surface area (Å²) in [4.78, 5) is 69.4. The molecule has 31 heavy (non-hydrogen) atoms. The summed E-state index contributed by atoms with van der Waals surface area (Å²) in [7, 11) is 0. The molecule has 0 spiro atoms. The second-order valence-electron chi connectivity index (χ2n) is 6.50. The van der Waals surface area contributed by atoms with Gasteiger partial charge in [0.05, 0.1) is 19.3 Å². The fourth-order valence-electron chi connectivity index (χ4n) is 2.19. The number of aliphatic carboxylic acids is 1. The number of aliphatic hydroxyl groups is 2. The second kappa shape index (κ2) is 13.8. The predicted octanol–water partition coefficient (Wildman–Crippen LogP) is -5.63. The van der Waals surface area contributed by atoms with E-state index in [1.54, 1.807) is 0 Å². The maximum Gasteiger partial charge on any atom is 0.328 e. The average Bonchev–Trinajstić information content (AvgIpc) is 2.70. The minimum atomic E-state index is -1.67. The first-order valence-corrected chi connectivity index (χ1v) is 9.10. The van der Waals surface area contributed by atoms with Crippen LogP contribution in [-0.2, 0) is 28.8 Å². The van der Waals surface area contributed by atoms with Gasteiger partial charge in [-0.2, -0.15) is 0 Å². The minimum Gasteiger partial charge on any atom is -0.480 e. The molecule has 0 aromatic rings. The van der Waals surface area contributed by atoms with Crippen molar-refractivity contribution in [1.82, 2.24) is 16.0 Å². The molecule has 0 saturated heterocycles. The van der Waals surface area contributed by atoms with Crippen molar-refractivity contribution in [1.29, 1.82) is 0 Å². The van der Waals surface area contributed by atoms with Gasteiger partial charge in [-0.15, -0.1) is 0 Å². The van der Waals surface area contributed by atoms with Crippen molar-refractivity contribution in [3.05, 3.63) is 0 Å². The van der Waals surface area contributed by atoms with Crippen LogP contribution in [0.3, 0.4) is 0 Å². The van der Waals surface area contributed by atoms with Crippen LogP contribution in [0.15, 0.2) is 0 Å². The molecule has 0 aliphatic rings. The van der Waals surface area contributed by atoms with E-state index in [2.05, 4.69) is 10.6 Å². The van der Waals surface area contributed by atoms with E-state index >= 15 is 0 Å². The zero-order valence-corrected chi connectivity index (χ0v) is 16.6. The van der Waals surface area contributed by atoms with Gasteiger partial charge in [-0.25, -0.2) is 4.79 Å². The quantitative estimate of drug-likeness (QED) is 0.114. The van der Waals surface area contributed by atoms with Crippen LogP contribution in [0, 0.1) is 0 Å². The molecule has 0 saturated carbocycles. The lowest BCUT2D eigenvalue weighted by Crippen LogP contribution is -2.58. The van der Waals surface area contributed by atoms with Gasteiger partial charge in [-0.1, -0.05) is 0 Å². The minimum absolute atomic E-state index is 0.106. The van der Waals surface area contributed by atoms with Crippen LogP contribution < -0.4 is 33.2 Å². The number of nitrogens with one attached hydrogen (secondary N) is 3. The van der Waals surface area contributed by atoms with E-state index in [0.717, 1.165) is 0 Å². The van der Waals surface area contributed by atoms with Gasteiger partial charge in [-0.05, 0) is 12.8 Å². The van der Waals surface area contributed by atoms with Gasteiger partial charge < -0.3 is 48.5 Å². The molecule has 0 aromatic heterocycles. The Labute approximate surface area is 176 Å². The number of carbonyl (C=O) groups is 6. The maximum atomic E-state index is 12.5. The third-order valence-electron chi connectivity index (χ3n) is 3.96. The van der Waals surface area contributed by atoms with Gasteiger partial charge >= 0.3 is 5.97 Å². The molecule has 0 heterocycles. The Morgan fingerprint density at radius 2 is 1.10 bits per heavy atom. The Morgan fingerprint density at radius 1 is 0.677 bits per heavy atom. The van der Waals surface area contributed by atoms with Crippen LogP contribution in [0.5, 0.6) is 0 Å². The largest absolute Gasteiger partial charge is 0.480 e. The normalized spacial score (nSPS) is 14.4. The summed E-state index contributed by atoms with van der Waals surface area (Å²) < 4.78 is 0. The standard InChI is InChI=1S/C16H28N6O9/c17-7(1-3-11(18)25)13(27)20-8(2-4-12(19)26)14(28)21-9(5-23)15(29)22-10(6-24)16(30)31/h7-10,23-24H,1-6,17H2,(H2,18,25)(H2,19,26)(H,20,27)(H,21,28)(H,22,29)(H,30,31). The number of amides is 5. The van der Waals surface area contributed by atoms with Crippen LogP contribution in [0.2, 0.25) is 0 Å². The summed E-state index contributed by atoms with van der Waals surface area (Å²) in [5.41, 5.74) is 15.6. The summed E-state index contributed by atoms with van der Waals surface area (Å²) in [6, 6.07) is -5.90. The number of carboxylic acids is 1. The summed E-state index contributed by atoms with van der Waals surface area (Å²) in [6.45, 7) is -1.88. The lowest BCUT2D eigenvalue weighted by Gasteiger charge is -2.23. The molecule has 4 unspecified atom stereocenters. The third-order valence-corrected chi connectivity index (χ3v) is 3.96. The summed E-state index contributed by atoms with van der Waals surface area (Å²) in [5, 5.41) is 33.4.